The second-order valence-electron chi connectivity index (χ2n) is 7.53. The van der Waals surface area contributed by atoms with Crippen LogP contribution in [0.2, 0.25) is 0 Å². The third-order valence-electron chi connectivity index (χ3n) is 3.37. The van der Waals surface area contributed by atoms with Crippen LogP contribution in [0.4, 0.5) is 4.79 Å². The summed E-state index contributed by atoms with van der Waals surface area (Å²) in [6.07, 6.45) is -0.532. The van der Waals surface area contributed by atoms with Gasteiger partial charge in [-0.25, -0.2) is 9.59 Å². The van der Waals surface area contributed by atoms with Crippen molar-refractivity contribution >= 4 is 12.1 Å². The molecule has 140 valence electrons. The topological polar surface area (TPSA) is 84.9 Å². The molecule has 6 heteroatoms. The van der Waals surface area contributed by atoms with Gasteiger partial charge in [-0.05, 0) is 38.7 Å². The maximum absolute atomic E-state index is 12.7. The summed E-state index contributed by atoms with van der Waals surface area (Å²) in [6, 6.07) is 9.21. The fraction of sp³-hybridized carbons (Fsp3) is 0.579. The zero-order chi connectivity index (χ0) is 19.1. The van der Waals surface area contributed by atoms with Crippen LogP contribution in [0, 0.1) is 5.92 Å². The number of aliphatic hydroxyl groups excluding tert-OH is 1. The largest absolute Gasteiger partial charge is 0.459 e. The molecule has 0 aromatic heterocycles. The van der Waals surface area contributed by atoms with E-state index in [0.717, 1.165) is 5.56 Å². The molecule has 1 unspecified atom stereocenters. The SMILES string of the molecule is CC(C)CC(CO)(NC(=O)OC(C)(C)C)C(=O)OCc1ccccc1. The molecule has 0 spiro atoms. The lowest BCUT2D eigenvalue weighted by Gasteiger charge is -2.33. The van der Waals surface area contributed by atoms with Crippen LogP contribution < -0.4 is 5.32 Å². The summed E-state index contributed by atoms with van der Waals surface area (Å²) in [4.78, 5) is 24.8. The molecular weight excluding hydrogens is 322 g/mol. The van der Waals surface area contributed by atoms with E-state index in [0.29, 0.717) is 0 Å². The molecule has 0 bridgehead atoms. The molecule has 1 aromatic rings. The quantitative estimate of drug-likeness (QED) is 0.738. The van der Waals surface area contributed by atoms with E-state index in [4.69, 9.17) is 9.47 Å². The molecule has 0 radical (unpaired) electrons. The van der Waals surface area contributed by atoms with E-state index in [-0.39, 0.29) is 18.9 Å². The summed E-state index contributed by atoms with van der Waals surface area (Å²) in [7, 11) is 0. The average molecular weight is 351 g/mol. The minimum absolute atomic E-state index is 0.0476. The molecule has 1 aromatic carbocycles. The third-order valence-corrected chi connectivity index (χ3v) is 3.37. The Labute approximate surface area is 149 Å². The van der Waals surface area contributed by atoms with Crippen LogP contribution >= 0.6 is 0 Å². The van der Waals surface area contributed by atoms with Crippen LogP contribution in [-0.4, -0.2) is 34.9 Å². The zero-order valence-corrected chi connectivity index (χ0v) is 15.7. The van der Waals surface area contributed by atoms with E-state index >= 15 is 0 Å². The smallest absolute Gasteiger partial charge is 0.408 e. The number of alkyl carbamates (subject to hydrolysis) is 1. The Morgan fingerprint density at radius 2 is 1.76 bits per heavy atom. The van der Waals surface area contributed by atoms with E-state index in [2.05, 4.69) is 5.32 Å². The Morgan fingerprint density at radius 1 is 1.16 bits per heavy atom. The van der Waals surface area contributed by atoms with Gasteiger partial charge in [0.2, 0.25) is 0 Å². The second kappa shape index (κ2) is 8.85. The van der Waals surface area contributed by atoms with Gasteiger partial charge < -0.3 is 19.9 Å². The van der Waals surface area contributed by atoms with Gasteiger partial charge in [-0.1, -0.05) is 44.2 Å². The molecular formula is C19H29NO5. The van der Waals surface area contributed by atoms with E-state index in [1.807, 2.05) is 44.2 Å². The number of aliphatic hydroxyl groups is 1. The van der Waals surface area contributed by atoms with Gasteiger partial charge in [0.25, 0.3) is 0 Å². The Bertz CT molecular complexity index is 565. The summed E-state index contributed by atoms with van der Waals surface area (Å²) in [5.74, 6) is -0.634. The summed E-state index contributed by atoms with van der Waals surface area (Å²) in [5.41, 5.74) is -1.42. The summed E-state index contributed by atoms with van der Waals surface area (Å²) in [6.45, 7) is 8.46. The highest BCUT2D eigenvalue weighted by molar-refractivity contribution is 5.86. The van der Waals surface area contributed by atoms with Gasteiger partial charge in [0.15, 0.2) is 5.54 Å². The van der Waals surface area contributed by atoms with Gasteiger partial charge in [-0.3, -0.25) is 0 Å². The summed E-state index contributed by atoms with van der Waals surface area (Å²) >= 11 is 0. The number of carbonyl (C=O) groups excluding carboxylic acids is 2. The number of ether oxygens (including phenoxy) is 2. The van der Waals surface area contributed by atoms with Crippen molar-refractivity contribution in [3.63, 3.8) is 0 Å². The maximum Gasteiger partial charge on any atom is 0.408 e. The minimum atomic E-state index is -1.54. The van der Waals surface area contributed by atoms with Crippen molar-refractivity contribution in [3.05, 3.63) is 35.9 Å². The van der Waals surface area contributed by atoms with Gasteiger partial charge >= 0.3 is 12.1 Å². The van der Waals surface area contributed by atoms with Crippen molar-refractivity contribution in [3.8, 4) is 0 Å². The van der Waals surface area contributed by atoms with Crippen LogP contribution in [0.1, 0.15) is 46.6 Å². The first-order valence-corrected chi connectivity index (χ1v) is 8.41. The molecule has 0 aliphatic rings. The number of carbonyl (C=O) groups is 2. The van der Waals surface area contributed by atoms with E-state index in [9.17, 15) is 14.7 Å². The maximum atomic E-state index is 12.7. The molecule has 0 aliphatic carbocycles. The fourth-order valence-electron chi connectivity index (χ4n) is 2.41. The van der Waals surface area contributed by atoms with Crippen molar-refractivity contribution in [1.29, 1.82) is 0 Å². The minimum Gasteiger partial charge on any atom is -0.459 e. The number of benzene rings is 1. The Kier molecular flexibility index (Phi) is 7.42. The van der Waals surface area contributed by atoms with E-state index in [1.54, 1.807) is 20.8 Å². The average Bonchev–Trinajstić information content (AvgIpc) is 2.50. The van der Waals surface area contributed by atoms with Crippen molar-refractivity contribution < 1.29 is 24.2 Å². The monoisotopic (exact) mass is 351 g/mol. The lowest BCUT2D eigenvalue weighted by Crippen LogP contribution is -2.59. The molecule has 0 heterocycles. The summed E-state index contributed by atoms with van der Waals surface area (Å²) in [5, 5.41) is 12.4. The molecule has 1 rings (SSSR count). The van der Waals surface area contributed by atoms with Crippen LogP contribution in [-0.2, 0) is 20.9 Å². The van der Waals surface area contributed by atoms with E-state index in [1.165, 1.54) is 0 Å². The lowest BCUT2D eigenvalue weighted by atomic mass is 9.89. The molecule has 0 fully saturated rings. The molecule has 0 saturated heterocycles. The molecule has 25 heavy (non-hydrogen) atoms. The van der Waals surface area contributed by atoms with Gasteiger partial charge in [0.05, 0.1) is 6.61 Å². The standard InChI is InChI=1S/C19H29NO5/c1-14(2)11-19(13-21,20-17(23)25-18(3,4)5)16(22)24-12-15-9-7-6-8-10-15/h6-10,14,21H,11-13H2,1-5H3,(H,20,23). The number of hydrogen-bond donors (Lipinski definition) is 2. The van der Waals surface area contributed by atoms with Crippen LogP contribution in [0.3, 0.4) is 0 Å². The summed E-state index contributed by atoms with van der Waals surface area (Å²) < 4.78 is 10.6. The molecule has 6 nitrogen and oxygen atoms in total. The highest BCUT2D eigenvalue weighted by Crippen LogP contribution is 2.21. The van der Waals surface area contributed by atoms with Gasteiger partial charge in [-0.2, -0.15) is 0 Å². The van der Waals surface area contributed by atoms with Crippen LogP contribution in [0.15, 0.2) is 30.3 Å². The molecule has 1 amide bonds. The Hall–Kier alpha value is -2.08. The van der Waals surface area contributed by atoms with Crippen LogP contribution in [0.25, 0.3) is 0 Å². The van der Waals surface area contributed by atoms with Gasteiger partial charge in [0, 0.05) is 0 Å². The van der Waals surface area contributed by atoms with Crippen molar-refractivity contribution in [2.24, 2.45) is 5.92 Å². The molecule has 0 aliphatic heterocycles. The predicted octanol–water partition coefficient (Wildman–Crippen LogP) is 3.03. The number of amides is 1. The normalized spacial score (nSPS) is 13.9. The Balaban J connectivity index is 2.89. The van der Waals surface area contributed by atoms with Gasteiger partial charge in [0.1, 0.15) is 12.2 Å². The molecule has 2 N–H and O–H groups in total. The fourth-order valence-corrected chi connectivity index (χ4v) is 2.41. The first-order chi connectivity index (χ1) is 11.6. The Morgan fingerprint density at radius 3 is 2.24 bits per heavy atom. The molecule has 1 atom stereocenters. The number of nitrogens with one attached hydrogen (secondary N) is 1. The van der Waals surface area contributed by atoms with Crippen molar-refractivity contribution in [2.75, 3.05) is 6.61 Å². The van der Waals surface area contributed by atoms with Crippen molar-refractivity contribution in [2.45, 2.75) is 58.8 Å². The highest BCUT2D eigenvalue weighted by atomic mass is 16.6. The number of esters is 1. The predicted molar refractivity (Wildman–Crippen MR) is 94.9 cm³/mol. The van der Waals surface area contributed by atoms with Crippen LogP contribution in [0.5, 0.6) is 0 Å². The second-order valence-corrected chi connectivity index (χ2v) is 7.53. The highest BCUT2D eigenvalue weighted by Gasteiger charge is 2.42. The third kappa shape index (κ3) is 7.13. The van der Waals surface area contributed by atoms with Gasteiger partial charge in [-0.15, -0.1) is 0 Å². The number of rotatable bonds is 7. The number of hydrogen-bond acceptors (Lipinski definition) is 5. The van der Waals surface area contributed by atoms with Crippen molar-refractivity contribution in [1.82, 2.24) is 5.32 Å². The molecule has 0 saturated carbocycles. The lowest BCUT2D eigenvalue weighted by molar-refractivity contribution is -0.156. The first-order valence-electron chi connectivity index (χ1n) is 8.41. The zero-order valence-electron chi connectivity index (χ0n) is 15.7. The van der Waals surface area contributed by atoms with E-state index < -0.39 is 29.8 Å². The first kappa shape index (κ1) is 21.0.